The van der Waals surface area contributed by atoms with Crippen molar-refractivity contribution in [1.82, 2.24) is 4.90 Å². The van der Waals surface area contributed by atoms with Crippen LogP contribution in [-0.2, 0) is 14.3 Å². The third-order valence-corrected chi connectivity index (χ3v) is 4.58. The Morgan fingerprint density at radius 3 is 2.60 bits per heavy atom. The number of esters is 1. The summed E-state index contributed by atoms with van der Waals surface area (Å²) in [6, 6.07) is 10.2. The molecule has 0 saturated carbocycles. The van der Waals surface area contributed by atoms with E-state index < -0.39 is 17.2 Å². The predicted octanol–water partition coefficient (Wildman–Crippen LogP) is 4.86. The van der Waals surface area contributed by atoms with Crippen LogP contribution in [0.25, 0.3) is 0 Å². The molecule has 2 aromatic carbocycles. The van der Waals surface area contributed by atoms with Crippen LogP contribution < -0.4 is 4.74 Å². The number of hydrogen-bond acceptors (Lipinski definition) is 5. The number of hydrogen-bond donors (Lipinski definition) is 0. The molecule has 0 amide bonds. The van der Waals surface area contributed by atoms with E-state index in [2.05, 4.69) is 4.90 Å². The van der Waals surface area contributed by atoms with Gasteiger partial charge >= 0.3 is 5.97 Å². The molecule has 0 bridgehead atoms. The molecular formula is C23H27F2NO4. The number of morpholine rings is 1. The highest BCUT2D eigenvalue weighted by Crippen LogP contribution is 2.28. The quantitative estimate of drug-likeness (QED) is 0.626. The lowest BCUT2D eigenvalue weighted by Gasteiger charge is -2.33. The summed E-state index contributed by atoms with van der Waals surface area (Å²) in [5.41, 5.74) is 0.465. The molecule has 1 heterocycles. The molecule has 3 rings (SSSR count). The Morgan fingerprint density at radius 2 is 1.90 bits per heavy atom. The monoisotopic (exact) mass is 419 g/mol. The molecule has 0 N–H and O–H groups in total. The zero-order valence-corrected chi connectivity index (χ0v) is 17.5. The molecule has 1 saturated heterocycles. The molecule has 0 spiro atoms. The van der Waals surface area contributed by atoms with Crippen LogP contribution >= 0.6 is 0 Å². The Morgan fingerprint density at radius 1 is 1.17 bits per heavy atom. The standard InChI is InChI=1S/C23H27F2NO4/c1-23(2,3)30-22(27)10-11-26-12-13-28-21(15-26)16-4-7-18(8-5-16)29-20-14-17(24)6-9-19(20)25/h4-9,14,21H,10-13,15H2,1-3H3. The lowest BCUT2D eigenvalue weighted by Crippen LogP contribution is -2.39. The molecule has 162 valence electrons. The van der Waals surface area contributed by atoms with Gasteiger partial charge in [-0.2, -0.15) is 0 Å². The highest BCUT2D eigenvalue weighted by molar-refractivity contribution is 5.70. The minimum absolute atomic E-state index is 0.141. The molecule has 1 unspecified atom stereocenters. The van der Waals surface area contributed by atoms with Gasteiger partial charge < -0.3 is 14.2 Å². The van der Waals surface area contributed by atoms with Crippen LogP contribution in [0.5, 0.6) is 11.5 Å². The highest BCUT2D eigenvalue weighted by atomic mass is 19.1. The van der Waals surface area contributed by atoms with Gasteiger partial charge in [0.2, 0.25) is 0 Å². The van der Waals surface area contributed by atoms with Crippen molar-refractivity contribution in [3.8, 4) is 11.5 Å². The van der Waals surface area contributed by atoms with E-state index in [1.807, 2.05) is 32.9 Å². The molecule has 7 heteroatoms. The van der Waals surface area contributed by atoms with Crippen molar-refractivity contribution in [3.05, 3.63) is 59.7 Å². The maximum Gasteiger partial charge on any atom is 0.307 e. The SMILES string of the molecule is CC(C)(C)OC(=O)CCN1CCOC(c2ccc(Oc3cc(F)ccc3F)cc2)C1. The fourth-order valence-corrected chi connectivity index (χ4v) is 3.18. The summed E-state index contributed by atoms with van der Waals surface area (Å²) in [5.74, 6) is -1.16. The Bertz CT molecular complexity index is 864. The number of benzene rings is 2. The minimum Gasteiger partial charge on any atom is -0.460 e. The molecule has 2 aromatic rings. The van der Waals surface area contributed by atoms with Gasteiger partial charge in [-0.15, -0.1) is 0 Å². The second-order valence-electron chi connectivity index (χ2n) is 8.24. The van der Waals surface area contributed by atoms with Crippen molar-refractivity contribution >= 4 is 5.97 Å². The second kappa shape index (κ2) is 9.53. The topological polar surface area (TPSA) is 48.0 Å². The van der Waals surface area contributed by atoms with Gasteiger partial charge in [0.05, 0.1) is 19.1 Å². The predicted molar refractivity (Wildman–Crippen MR) is 108 cm³/mol. The molecule has 0 aliphatic carbocycles. The number of rotatable bonds is 6. The van der Waals surface area contributed by atoms with Gasteiger partial charge in [-0.3, -0.25) is 9.69 Å². The average Bonchev–Trinajstić information content (AvgIpc) is 2.69. The van der Waals surface area contributed by atoms with E-state index in [9.17, 15) is 13.6 Å². The van der Waals surface area contributed by atoms with Crippen LogP contribution in [-0.4, -0.2) is 42.7 Å². The van der Waals surface area contributed by atoms with Gasteiger partial charge in [-0.05, 0) is 50.6 Å². The van der Waals surface area contributed by atoms with E-state index in [0.29, 0.717) is 31.9 Å². The summed E-state index contributed by atoms with van der Waals surface area (Å²) in [6.45, 7) is 8.13. The third kappa shape index (κ3) is 6.50. The number of carbonyl (C=O) groups is 1. The minimum atomic E-state index is -0.628. The van der Waals surface area contributed by atoms with Gasteiger partial charge in [0.25, 0.3) is 0 Å². The lowest BCUT2D eigenvalue weighted by atomic mass is 10.1. The summed E-state index contributed by atoms with van der Waals surface area (Å²) in [4.78, 5) is 14.1. The van der Waals surface area contributed by atoms with Gasteiger partial charge in [0.1, 0.15) is 17.2 Å². The Hall–Kier alpha value is -2.51. The van der Waals surface area contributed by atoms with Crippen molar-refractivity contribution in [2.45, 2.75) is 38.9 Å². The first kappa shape index (κ1) is 22.2. The Balaban J connectivity index is 1.55. The van der Waals surface area contributed by atoms with Gasteiger partial charge in [-0.25, -0.2) is 8.78 Å². The fraction of sp³-hybridized carbons (Fsp3) is 0.435. The molecular weight excluding hydrogens is 392 g/mol. The molecule has 30 heavy (non-hydrogen) atoms. The average molecular weight is 419 g/mol. The Kier molecular flexibility index (Phi) is 7.05. The number of halogens is 2. The highest BCUT2D eigenvalue weighted by Gasteiger charge is 2.23. The first-order chi connectivity index (χ1) is 14.2. The molecule has 0 radical (unpaired) electrons. The summed E-state index contributed by atoms with van der Waals surface area (Å²) in [7, 11) is 0. The van der Waals surface area contributed by atoms with E-state index in [1.54, 1.807) is 12.1 Å². The van der Waals surface area contributed by atoms with E-state index in [-0.39, 0.29) is 17.8 Å². The zero-order valence-electron chi connectivity index (χ0n) is 17.5. The van der Waals surface area contributed by atoms with E-state index in [4.69, 9.17) is 14.2 Å². The van der Waals surface area contributed by atoms with Crippen molar-refractivity contribution in [2.24, 2.45) is 0 Å². The fourth-order valence-electron chi connectivity index (χ4n) is 3.18. The van der Waals surface area contributed by atoms with E-state index in [0.717, 1.165) is 30.3 Å². The largest absolute Gasteiger partial charge is 0.460 e. The molecule has 1 aliphatic heterocycles. The summed E-state index contributed by atoms with van der Waals surface area (Å²) in [6.07, 6.45) is 0.188. The van der Waals surface area contributed by atoms with E-state index in [1.165, 1.54) is 0 Å². The van der Waals surface area contributed by atoms with Crippen molar-refractivity contribution in [2.75, 3.05) is 26.2 Å². The third-order valence-electron chi connectivity index (χ3n) is 4.58. The summed E-state index contributed by atoms with van der Waals surface area (Å²) in [5, 5.41) is 0. The molecule has 0 aromatic heterocycles. The maximum atomic E-state index is 13.7. The van der Waals surface area contributed by atoms with Crippen LogP contribution in [0.1, 0.15) is 38.9 Å². The first-order valence-electron chi connectivity index (χ1n) is 9.98. The van der Waals surface area contributed by atoms with Crippen LogP contribution in [0.2, 0.25) is 0 Å². The Labute approximate surface area is 175 Å². The van der Waals surface area contributed by atoms with Crippen LogP contribution in [0.15, 0.2) is 42.5 Å². The second-order valence-corrected chi connectivity index (χ2v) is 8.24. The maximum absolute atomic E-state index is 13.7. The van der Waals surface area contributed by atoms with Gasteiger partial charge in [0.15, 0.2) is 11.6 Å². The summed E-state index contributed by atoms with van der Waals surface area (Å²) < 4.78 is 43.7. The summed E-state index contributed by atoms with van der Waals surface area (Å²) >= 11 is 0. The number of ether oxygens (including phenoxy) is 3. The normalized spacial score (nSPS) is 17.6. The number of carbonyl (C=O) groups excluding carboxylic acids is 1. The van der Waals surface area contributed by atoms with Crippen molar-refractivity contribution < 1.29 is 27.8 Å². The molecule has 5 nitrogen and oxygen atoms in total. The van der Waals surface area contributed by atoms with Crippen LogP contribution in [0, 0.1) is 11.6 Å². The van der Waals surface area contributed by atoms with E-state index >= 15 is 0 Å². The smallest absolute Gasteiger partial charge is 0.307 e. The van der Waals surface area contributed by atoms with Crippen molar-refractivity contribution in [1.29, 1.82) is 0 Å². The molecule has 1 aliphatic rings. The van der Waals surface area contributed by atoms with Gasteiger partial charge in [0, 0.05) is 25.7 Å². The van der Waals surface area contributed by atoms with Gasteiger partial charge in [-0.1, -0.05) is 12.1 Å². The van der Waals surface area contributed by atoms with Crippen molar-refractivity contribution in [3.63, 3.8) is 0 Å². The van der Waals surface area contributed by atoms with Crippen LogP contribution in [0.3, 0.4) is 0 Å². The number of nitrogens with zero attached hydrogens (tertiary/aromatic N) is 1. The lowest BCUT2D eigenvalue weighted by molar-refractivity contribution is -0.155. The van der Waals surface area contributed by atoms with Crippen LogP contribution in [0.4, 0.5) is 8.78 Å². The molecule has 1 fully saturated rings. The molecule has 1 atom stereocenters. The first-order valence-corrected chi connectivity index (χ1v) is 9.98. The zero-order chi connectivity index (χ0) is 21.7.